The molecule has 0 bridgehead atoms. The highest BCUT2D eigenvalue weighted by atomic mass is 79.9. The van der Waals surface area contributed by atoms with Gasteiger partial charge in [0.05, 0.1) is 27.0 Å². The van der Waals surface area contributed by atoms with Crippen LogP contribution in [0.1, 0.15) is 5.69 Å². The summed E-state index contributed by atoms with van der Waals surface area (Å²) < 4.78 is 3.20. The van der Waals surface area contributed by atoms with Crippen molar-refractivity contribution in [2.24, 2.45) is 0 Å². The molecular weight excluding hydrogens is 488 g/mol. The summed E-state index contributed by atoms with van der Waals surface area (Å²) in [5.74, 6) is -0.297. The minimum atomic E-state index is -0.508. The van der Waals surface area contributed by atoms with Gasteiger partial charge in [-0.1, -0.05) is 0 Å². The Kier molecular flexibility index (Phi) is 5.35. The fourth-order valence-corrected chi connectivity index (χ4v) is 3.34. The van der Waals surface area contributed by atoms with Crippen LogP contribution < -0.4 is 5.32 Å². The molecule has 0 unspecified atom stereocenters. The fourth-order valence-electron chi connectivity index (χ4n) is 1.68. The van der Waals surface area contributed by atoms with Gasteiger partial charge in [0.25, 0.3) is 5.69 Å². The third-order valence-electron chi connectivity index (χ3n) is 2.84. The number of amides is 1. The Labute approximate surface area is 150 Å². The third kappa shape index (κ3) is 3.73. The maximum Gasteiger partial charge on any atom is 0.271 e. The van der Waals surface area contributed by atoms with E-state index in [4.69, 9.17) is 0 Å². The molecule has 0 saturated heterocycles. The summed E-state index contributed by atoms with van der Waals surface area (Å²) in [7, 11) is 0. The standard InChI is InChI=1S/C12H9Br3N4O3/c1-6-10(15)4-16-18(6)5-11(20)17-12-8(13)2-7(19(21)22)3-9(12)14/h2-4H,5H2,1H3,(H,17,20). The summed E-state index contributed by atoms with van der Waals surface area (Å²) in [6.07, 6.45) is 1.61. The van der Waals surface area contributed by atoms with E-state index in [2.05, 4.69) is 58.2 Å². The van der Waals surface area contributed by atoms with Gasteiger partial charge in [0.2, 0.25) is 5.91 Å². The molecule has 2 rings (SSSR count). The van der Waals surface area contributed by atoms with E-state index >= 15 is 0 Å². The first-order valence-corrected chi connectivity index (χ1v) is 8.28. The van der Waals surface area contributed by atoms with E-state index < -0.39 is 4.92 Å². The predicted molar refractivity (Wildman–Crippen MR) is 91.8 cm³/mol. The first-order valence-electron chi connectivity index (χ1n) is 5.90. The molecule has 1 aromatic heterocycles. The van der Waals surface area contributed by atoms with Crippen LogP contribution in [0.3, 0.4) is 0 Å². The van der Waals surface area contributed by atoms with E-state index in [1.807, 2.05) is 6.92 Å². The second kappa shape index (κ2) is 6.88. The molecule has 22 heavy (non-hydrogen) atoms. The Bertz CT molecular complexity index is 737. The number of nitro benzene ring substituents is 1. The highest BCUT2D eigenvalue weighted by Gasteiger charge is 2.16. The van der Waals surface area contributed by atoms with Crippen molar-refractivity contribution in [3.63, 3.8) is 0 Å². The Morgan fingerprint density at radius 1 is 1.32 bits per heavy atom. The molecule has 1 amide bonds. The van der Waals surface area contributed by atoms with Gasteiger partial charge in [0.15, 0.2) is 0 Å². The highest BCUT2D eigenvalue weighted by Crippen LogP contribution is 2.35. The first-order chi connectivity index (χ1) is 10.3. The normalized spacial score (nSPS) is 10.5. The lowest BCUT2D eigenvalue weighted by Gasteiger charge is -2.10. The van der Waals surface area contributed by atoms with Crippen LogP contribution >= 0.6 is 47.8 Å². The van der Waals surface area contributed by atoms with E-state index in [-0.39, 0.29) is 18.1 Å². The molecule has 2 aromatic rings. The van der Waals surface area contributed by atoms with E-state index in [0.29, 0.717) is 14.6 Å². The van der Waals surface area contributed by atoms with Crippen LogP contribution in [0.25, 0.3) is 0 Å². The first kappa shape index (κ1) is 17.1. The number of aromatic nitrogens is 2. The lowest BCUT2D eigenvalue weighted by molar-refractivity contribution is -0.385. The minimum absolute atomic E-state index is 0.0350. The zero-order chi connectivity index (χ0) is 16.4. The van der Waals surface area contributed by atoms with E-state index in [1.54, 1.807) is 10.9 Å². The zero-order valence-corrected chi connectivity index (χ0v) is 15.9. The van der Waals surface area contributed by atoms with Gasteiger partial charge in [-0.15, -0.1) is 0 Å². The van der Waals surface area contributed by atoms with Crippen LogP contribution in [0.2, 0.25) is 0 Å². The second-order valence-corrected chi connectivity index (χ2v) is 6.89. The number of hydrogen-bond acceptors (Lipinski definition) is 4. The number of hydrogen-bond donors (Lipinski definition) is 1. The number of carbonyl (C=O) groups is 1. The average Bonchev–Trinajstić information content (AvgIpc) is 2.74. The summed E-state index contributed by atoms with van der Waals surface area (Å²) in [4.78, 5) is 22.4. The Hall–Kier alpha value is -1.26. The third-order valence-corrected chi connectivity index (χ3v) is 4.87. The van der Waals surface area contributed by atoms with Crippen LogP contribution in [0, 0.1) is 17.0 Å². The second-order valence-electron chi connectivity index (χ2n) is 4.33. The largest absolute Gasteiger partial charge is 0.323 e. The van der Waals surface area contributed by atoms with Crippen LogP contribution in [0.5, 0.6) is 0 Å². The molecule has 116 valence electrons. The molecule has 0 aliphatic heterocycles. The van der Waals surface area contributed by atoms with Crippen molar-refractivity contribution >= 4 is 65.1 Å². The molecule has 1 aromatic carbocycles. The number of nitrogens with one attached hydrogen (secondary N) is 1. The molecule has 0 aliphatic rings. The fraction of sp³-hybridized carbons (Fsp3) is 0.167. The molecule has 10 heteroatoms. The predicted octanol–water partition coefficient (Wildman–Crippen LogP) is 4.03. The summed E-state index contributed by atoms with van der Waals surface area (Å²) in [5, 5.41) is 17.6. The molecule has 1 N–H and O–H groups in total. The van der Waals surface area contributed by atoms with Crippen LogP contribution in [-0.2, 0) is 11.3 Å². The van der Waals surface area contributed by atoms with Gasteiger partial charge < -0.3 is 5.32 Å². The van der Waals surface area contributed by atoms with Gasteiger partial charge in [0.1, 0.15) is 6.54 Å². The van der Waals surface area contributed by atoms with Gasteiger partial charge in [-0.3, -0.25) is 19.6 Å². The average molecular weight is 497 g/mol. The van der Waals surface area contributed by atoms with Gasteiger partial charge in [-0.2, -0.15) is 5.10 Å². The minimum Gasteiger partial charge on any atom is -0.323 e. The van der Waals surface area contributed by atoms with Crippen molar-refractivity contribution in [2.75, 3.05) is 5.32 Å². The maximum absolute atomic E-state index is 12.1. The topological polar surface area (TPSA) is 90.1 Å². The van der Waals surface area contributed by atoms with Crippen molar-refractivity contribution < 1.29 is 9.72 Å². The van der Waals surface area contributed by atoms with E-state index in [1.165, 1.54) is 12.1 Å². The summed E-state index contributed by atoms with van der Waals surface area (Å²) in [6, 6.07) is 2.66. The van der Waals surface area contributed by atoms with Crippen LogP contribution in [0.4, 0.5) is 11.4 Å². The van der Waals surface area contributed by atoms with Crippen molar-refractivity contribution in [1.82, 2.24) is 9.78 Å². The maximum atomic E-state index is 12.1. The van der Waals surface area contributed by atoms with Crippen LogP contribution in [0.15, 0.2) is 31.7 Å². The number of halogens is 3. The quantitative estimate of drug-likeness (QED) is 0.511. The molecule has 0 fully saturated rings. The van der Waals surface area contributed by atoms with E-state index in [0.717, 1.165) is 10.2 Å². The summed E-state index contributed by atoms with van der Waals surface area (Å²) in [5.41, 5.74) is 1.18. The summed E-state index contributed by atoms with van der Waals surface area (Å²) in [6.45, 7) is 1.87. The number of benzene rings is 1. The van der Waals surface area contributed by atoms with Crippen molar-refractivity contribution in [2.45, 2.75) is 13.5 Å². The van der Waals surface area contributed by atoms with Crippen LogP contribution in [-0.4, -0.2) is 20.6 Å². The lowest BCUT2D eigenvalue weighted by Crippen LogP contribution is -2.20. The zero-order valence-electron chi connectivity index (χ0n) is 11.1. The lowest BCUT2D eigenvalue weighted by atomic mass is 10.3. The molecule has 0 radical (unpaired) electrons. The Morgan fingerprint density at radius 2 is 1.91 bits per heavy atom. The van der Waals surface area contributed by atoms with Crippen molar-refractivity contribution in [3.05, 3.63) is 47.6 Å². The molecule has 0 aliphatic carbocycles. The SMILES string of the molecule is Cc1c(Br)cnn1CC(=O)Nc1c(Br)cc([N+](=O)[O-])cc1Br. The Balaban J connectivity index is 2.18. The molecule has 0 saturated carbocycles. The molecular formula is C12H9Br3N4O3. The number of rotatable bonds is 4. The van der Waals surface area contributed by atoms with Gasteiger partial charge >= 0.3 is 0 Å². The van der Waals surface area contributed by atoms with Gasteiger partial charge in [-0.05, 0) is 54.7 Å². The number of non-ortho nitro benzene ring substituents is 1. The van der Waals surface area contributed by atoms with Gasteiger partial charge in [-0.25, -0.2) is 0 Å². The Morgan fingerprint density at radius 3 is 2.36 bits per heavy atom. The van der Waals surface area contributed by atoms with Gasteiger partial charge in [0, 0.05) is 21.1 Å². The van der Waals surface area contributed by atoms with E-state index in [9.17, 15) is 14.9 Å². The molecule has 0 atom stereocenters. The number of anilines is 1. The van der Waals surface area contributed by atoms with Crippen molar-refractivity contribution in [1.29, 1.82) is 0 Å². The smallest absolute Gasteiger partial charge is 0.271 e. The number of nitro groups is 1. The molecule has 1 heterocycles. The highest BCUT2D eigenvalue weighted by molar-refractivity contribution is 9.11. The summed E-state index contributed by atoms with van der Waals surface area (Å²) >= 11 is 9.76. The number of nitrogens with zero attached hydrogens (tertiary/aromatic N) is 3. The molecule has 7 nitrogen and oxygen atoms in total. The molecule has 0 spiro atoms. The van der Waals surface area contributed by atoms with Crippen molar-refractivity contribution in [3.8, 4) is 0 Å². The number of carbonyl (C=O) groups excluding carboxylic acids is 1. The monoisotopic (exact) mass is 494 g/mol.